The van der Waals surface area contributed by atoms with Gasteiger partial charge in [0.25, 0.3) is 5.91 Å². The second-order valence-electron chi connectivity index (χ2n) is 7.86. The first kappa shape index (κ1) is 20.1. The SMILES string of the molecule is CCc1ccccc1NC(=O)c1ccc(N2CCC(Cc3ccccc3)CC2)nn1. The fourth-order valence-electron chi connectivity index (χ4n) is 4.07. The third-order valence-electron chi connectivity index (χ3n) is 5.84. The highest BCUT2D eigenvalue weighted by molar-refractivity contribution is 6.03. The molecule has 0 saturated carbocycles. The molecule has 0 radical (unpaired) electrons. The van der Waals surface area contributed by atoms with Crippen molar-refractivity contribution in [3.63, 3.8) is 0 Å². The van der Waals surface area contributed by atoms with Gasteiger partial charge in [-0.3, -0.25) is 4.79 Å². The minimum atomic E-state index is -0.225. The van der Waals surface area contributed by atoms with Gasteiger partial charge in [-0.05, 0) is 60.9 Å². The summed E-state index contributed by atoms with van der Waals surface area (Å²) in [7, 11) is 0. The summed E-state index contributed by atoms with van der Waals surface area (Å²) in [6.45, 7) is 4.02. The number of piperidine rings is 1. The third kappa shape index (κ3) is 4.85. The van der Waals surface area contributed by atoms with E-state index in [1.807, 2.05) is 30.3 Å². The van der Waals surface area contributed by atoms with Crippen LogP contribution in [0.25, 0.3) is 0 Å². The Balaban J connectivity index is 1.33. The fraction of sp³-hybridized carbons (Fsp3) is 0.320. The number of nitrogens with zero attached hydrogens (tertiary/aromatic N) is 3. The van der Waals surface area contributed by atoms with E-state index in [1.54, 1.807) is 6.07 Å². The van der Waals surface area contributed by atoms with Gasteiger partial charge < -0.3 is 10.2 Å². The maximum Gasteiger partial charge on any atom is 0.276 e. The van der Waals surface area contributed by atoms with Crippen LogP contribution in [0.3, 0.4) is 0 Å². The summed E-state index contributed by atoms with van der Waals surface area (Å²) in [5, 5.41) is 11.5. The van der Waals surface area contributed by atoms with Gasteiger partial charge >= 0.3 is 0 Å². The lowest BCUT2D eigenvalue weighted by Gasteiger charge is -2.32. The molecule has 1 aromatic heterocycles. The first-order valence-corrected chi connectivity index (χ1v) is 10.7. The highest BCUT2D eigenvalue weighted by Gasteiger charge is 2.21. The number of carbonyl (C=O) groups excluding carboxylic acids is 1. The molecule has 3 aromatic rings. The maximum absolute atomic E-state index is 12.6. The van der Waals surface area contributed by atoms with E-state index < -0.39 is 0 Å². The van der Waals surface area contributed by atoms with Crippen LogP contribution in [-0.4, -0.2) is 29.2 Å². The van der Waals surface area contributed by atoms with Crippen LogP contribution in [0.1, 0.15) is 41.4 Å². The summed E-state index contributed by atoms with van der Waals surface area (Å²) < 4.78 is 0. The number of carbonyl (C=O) groups is 1. The third-order valence-corrected chi connectivity index (χ3v) is 5.84. The van der Waals surface area contributed by atoms with Gasteiger partial charge in [-0.15, -0.1) is 10.2 Å². The van der Waals surface area contributed by atoms with Gasteiger partial charge in [-0.25, -0.2) is 0 Å². The standard InChI is InChI=1S/C25H28N4O/c1-2-21-10-6-7-11-22(21)26-25(30)23-12-13-24(28-27-23)29-16-14-20(15-17-29)18-19-8-4-3-5-9-19/h3-13,20H,2,14-18H2,1H3,(H,26,30). The van der Waals surface area contributed by atoms with Crippen LogP contribution in [0, 0.1) is 5.92 Å². The number of aryl methyl sites for hydroxylation is 1. The Labute approximate surface area is 178 Å². The van der Waals surface area contributed by atoms with Crippen LogP contribution < -0.4 is 10.2 Å². The average molecular weight is 401 g/mol. The number of para-hydroxylation sites is 1. The Hall–Kier alpha value is -3.21. The zero-order valence-corrected chi connectivity index (χ0v) is 17.4. The van der Waals surface area contributed by atoms with Crippen molar-refractivity contribution in [1.29, 1.82) is 0 Å². The summed E-state index contributed by atoms with van der Waals surface area (Å²) >= 11 is 0. The molecule has 0 aliphatic carbocycles. The first-order chi connectivity index (χ1) is 14.7. The Morgan fingerprint density at radius 2 is 1.70 bits per heavy atom. The van der Waals surface area contributed by atoms with Crippen LogP contribution in [0.4, 0.5) is 11.5 Å². The molecule has 1 aliphatic rings. The molecule has 1 fully saturated rings. The van der Waals surface area contributed by atoms with Crippen molar-refractivity contribution in [1.82, 2.24) is 10.2 Å². The molecule has 2 heterocycles. The van der Waals surface area contributed by atoms with Gasteiger partial charge in [0, 0.05) is 18.8 Å². The smallest absolute Gasteiger partial charge is 0.276 e. The molecule has 4 rings (SSSR count). The second kappa shape index (κ2) is 9.53. The molecule has 1 N–H and O–H groups in total. The van der Waals surface area contributed by atoms with E-state index in [1.165, 1.54) is 5.56 Å². The summed E-state index contributed by atoms with van der Waals surface area (Å²) in [6, 6.07) is 22.2. The highest BCUT2D eigenvalue weighted by atomic mass is 16.1. The van der Waals surface area contributed by atoms with Gasteiger partial charge in [-0.1, -0.05) is 55.5 Å². The molecule has 1 saturated heterocycles. The largest absolute Gasteiger partial charge is 0.355 e. The van der Waals surface area contributed by atoms with Crippen LogP contribution in [0.15, 0.2) is 66.7 Å². The second-order valence-corrected chi connectivity index (χ2v) is 7.86. The first-order valence-electron chi connectivity index (χ1n) is 10.7. The van der Waals surface area contributed by atoms with Gasteiger partial charge in [-0.2, -0.15) is 0 Å². The molecule has 0 unspecified atom stereocenters. The number of hydrogen-bond acceptors (Lipinski definition) is 4. The lowest BCUT2D eigenvalue weighted by Crippen LogP contribution is -2.35. The number of benzene rings is 2. The van der Waals surface area contributed by atoms with Crippen molar-refractivity contribution in [2.75, 3.05) is 23.3 Å². The minimum Gasteiger partial charge on any atom is -0.355 e. The number of nitrogens with one attached hydrogen (secondary N) is 1. The zero-order chi connectivity index (χ0) is 20.8. The lowest BCUT2D eigenvalue weighted by molar-refractivity contribution is 0.102. The van der Waals surface area contributed by atoms with Crippen molar-refractivity contribution < 1.29 is 4.79 Å². The van der Waals surface area contributed by atoms with E-state index in [0.717, 1.165) is 55.8 Å². The summed E-state index contributed by atoms with van der Waals surface area (Å²) in [6.07, 6.45) is 4.29. The number of aromatic nitrogens is 2. The van der Waals surface area contributed by atoms with Crippen molar-refractivity contribution in [3.8, 4) is 0 Å². The van der Waals surface area contributed by atoms with E-state index in [0.29, 0.717) is 11.6 Å². The molecule has 0 spiro atoms. The molecule has 30 heavy (non-hydrogen) atoms. The predicted octanol–water partition coefficient (Wildman–Crippen LogP) is 4.75. The Kier molecular flexibility index (Phi) is 6.38. The molecule has 154 valence electrons. The van der Waals surface area contributed by atoms with Crippen molar-refractivity contribution in [3.05, 3.63) is 83.6 Å². The summed E-state index contributed by atoms with van der Waals surface area (Å²) in [5.74, 6) is 1.33. The van der Waals surface area contributed by atoms with Gasteiger partial charge in [0.05, 0.1) is 0 Å². The minimum absolute atomic E-state index is 0.225. The lowest BCUT2D eigenvalue weighted by atomic mass is 9.90. The zero-order valence-electron chi connectivity index (χ0n) is 17.4. The van der Waals surface area contributed by atoms with Crippen molar-refractivity contribution in [2.24, 2.45) is 5.92 Å². The Bertz CT molecular complexity index is 964. The fourth-order valence-corrected chi connectivity index (χ4v) is 4.07. The van der Waals surface area contributed by atoms with E-state index in [9.17, 15) is 4.79 Å². The molecule has 2 aromatic carbocycles. The highest BCUT2D eigenvalue weighted by Crippen LogP contribution is 2.24. The van der Waals surface area contributed by atoms with E-state index in [4.69, 9.17) is 0 Å². The molecule has 5 heteroatoms. The Morgan fingerprint density at radius 1 is 0.967 bits per heavy atom. The van der Waals surface area contributed by atoms with Crippen LogP contribution in [-0.2, 0) is 12.8 Å². The molecule has 5 nitrogen and oxygen atoms in total. The van der Waals surface area contributed by atoms with Gasteiger partial charge in [0.1, 0.15) is 0 Å². The van der Waals surface area contributed by atoms with Crippen LogP contribution in [0.5, 0.6) is 0 Å². The van der Waals surface area contributed by atoms with Crippen molar-refractivity contribution in [2.45, 2.75) is 32.6 Å². The van der Waals surface area contributed by atoms with Crippen LogP contribution in [0.2, 0.25) is 0 Å². The molecule has 0 atom stereocenters. The molecule has 1 amide bonds. The number of rotatable bonds is 6. The normalized spacial score (nSPS) is 14.5. The number of anilines is 2. The molecular weight excluding hydrogens is 372 g/mol. The predicted molar refractivity (Wildman–Crippen MR) is 121 cm³/mol. The van der Waals surface area contributed by atoms with E-state index in [2.05, 4.69) is 57.7 Å². The summed E-state index contributed by atoms with van der Waals surface area (Å²) in [4.78, 5) is 14.8. The number of amides is 1. The van der Waals surface area contributed by atoms with Crippen molar-refractivity contribution >= 4 is 17.4 Å². The van der Waals surface area contributed by atoms with E-state index >= 15 is 0 Å². The molecule has 1 aliphatic heterocycles. The topological polar surface area (TPSA) is 58.1 Å². The monoisotopic (exact) mass is 400 g/mol. The number of hydrogen-bond donors (Lipinski definition) is 1. The van der Waals surface area contributed by atoms with Gasteiger partial charge in [0.2, 0.25) is 0 Å². The summed E-state index contributed by atoms with van der Waals surface area (Å²) in [5.41, 5.74) is 3.68. The molecule has 0 bridgehead atoms. The molecular formula is C25H28N4O. The van der Waals surface area contributed by atoms with E-state index in [-0.39, 0.29) is 5.91 Å². The van der Waals surface area contributed by atoms with Crippen LogP contribution >= 0.6 is 0 Å². The Morgan fingerprint density at radius 3 is 2.40 bits per heavy atom. The maximum atomic E-state index is 12.6. The van der Waals surface area contributed by atoms with Gasteiger partial charge in [0.15, 0.2) is 11.5 Å². The quantitative estimate of drug-likeness (QED) is 0.649. The average Bonchev–Trinajstić information content (AvgIpc) is 2.81.